The van der Waals surface area contributed by atoms with Gasteiger partial charge < -0.3 is 8.98 Å². The van der Waals surface area contributed by atoms with Gasteiger partial charge in [0.1, 0.15) is 0 Å². The van der Waals surface area contributed by atoms with Crippen molar-refractivity contribution in [3.63, 3.8) is 0 Å². The molecule has 56 heavy (non-hydrogen) atoms. The number of furan rings is 1. The molecule has 7 heteroatoms. The summed E-state index contributed by atoms with van der Waals surface area (Å²) in [5.41, 5.74) is 14.9. The smallest absolute Gasteiger partial charge is 0.216 e. The first-order chi connectivity index (χ1) is 26.2. The fourth-order valence-corrected chi connectivity index (χ4v) is 11.2. The minimum Gasteiger partial charge on any atom is -0.486 e. The molecule has 4 aromatic carbocycles. The number of nitrogens with zero attached hydrogens (tertiary/aromatic N) is 4. The minimum atomic E-state index is -1.86. The van der Waals surface area contributed by atoms with Gasteiger partial charge in [-0.25, -0.2) is 4.98 Å². The number of aryl methyl sites for hydroxylation is 4. The van der Waals surface area contributed by atoms with E-state index in [4.69, 9.17) is 19.4 Å². The first-order valence-electron chi connectivity index (χ1n) is 19.5. The molecule has 289 valence electrons. The van der Waals surface area contributed by atoms with Gasteiger partial charge >= 0.3 is 126 Å². The van der Waals surface area contributed by atoms with Crippen LogP contribution in [0.3, 0.4) is 0 Å². The summed E-state index contributed by atoms with van der Waals surface area (Å²) in [7, 11) is 0. The second-order valence-corrected chi connectivity index (χ2v) is 27.3. The third-order valence-electron chi connectivity index (χ3n) is 10.3. The van der Waals surface area contributed by atoms with Gasteiger partial charge in [0.15, 0.2) is 0 Å². The van der Waals surface area contributed by atoms with Crippen molar-refractivity contribution in [2.45, 2.75) is 85.0 Å². The molecule has 0 fully saturated rings. The standard InChI is InChI=1S/C31H28N3O.C18H24GeN.Ir/c1-17(2)22-13-14-24(29-27(22)23-12-11-21(6)32-31(23)35-29)30-33-25-9-7-8-10-26(25)34(30)28-19(4)15-18(3)16-20(28)5;1-14(2)11-16-12-18(15-9-7-6-8-10-15)20-13-17(16)19(3,4)5;/h7-13,15-17H,1-6H3;6-9,12-14H,11H2,1-5H3;/q2*-1;. The second-order valence-electron chi connectivity index (χ2n) is 16.7. The van der Waals surface area contributed by atoms with Crippen molar-refractivity contribution in [1.82, 2.24) is 19.5 Å². The predicted octanol–water partition coefficient (Wildman–Crippen LogP) is 12.4. The number of benzene rings is 4. The molecule has 0 unspecified atom stereocenters. The van der Waals surface area contributed by atoms with E-state index in [9.17, 15) is 0 Å². The van der Waals surface area contributed by atoms with E-state index >= 15 is 0 Å². The van der Waals surface area contributed by atoms with Crippen LogP contribution in [0, 0.1) is 45.7 Å². The zero-order valence-electron chi connectivity index (χ0n) is 34.6. The van der Waals surface area contributed by atoms with E-state index in [1.807, 2.05) is 37.3 Å². The summed E-state index contributed by atoms with van der Waals surface area (Å²) < 4.78 is 10.3. The van der Waals surface area contributed by atoms with Crippen LogP contribution in [0.4, 0.5) is 0 Å². The Kier molecular flexibility index (Phi) is 12.3. The van der Waals surface area contributed by atoms with Gasteiger partial charge in [-0.3, -0.25) is 4.98 Å². The Labute approximate surface area is 348 Å². The van der Waals surface area contributed by atoms with E-state index in [1.54, 1.807) is 4.40 Å². The number of hydrogen-bond acceptors (Lipinski definition) is 4. The Morgan fingerprint density at radius 1 is 0.821 bits per heavy atom. The van der Waals surface area contributed by atoms with Crippen molar-refractivity contribution in [3.8, 4) is 28.3 Å². The molecule has 0 amide bonds. The molecular formula is C49H52GeIrN4O-2. The van der Waals surface area contributed by atoms with Gasteiger partial charge in [0, 0.05) is 36.9 Å². The molecule has 0 saturated heterocycles. The Bertz CT molecular complexity index is 2640. The molecule has 0 atom stereocenters. The topological polar surface area (TPSA) is 56.7 Å². The zero-order chi connectivity index (χ0) is 39.2. The number of para-hydroxylation sites is 2. The maximum absolute atomic E-state index is 6.48. The van der Waals surface area contributed by atoms with E-state index in [1.165, 1.54) is 27.8 Å². The van der Waals surface area contributed by atoms with E-state index in [2.05, 4.69) is 143 Å². The van der Waals surface area contributed by atoms with Crippen LogP contribution < -0.4 is 4.40 Å². The quantitative estimate of drug-likeness (QED) is 0.118. The summed E-state index contributed by atoms with van der Waals surface area (Å²) in [4.78, 5) is 14.5. The number of hydrogen-bond donors (Lipinski definition) is 0. The summed E-state index contributed by atoms with van der Waals surface area (Å²) in [6.07, 6.45) is 3.27. The number of imidazole rings is 1. The fraction of sp³-hybridized carbons (Fsp3) is 0.286. The minimum absolute atomic E-state index is 0. The van der Waals surface area contributed by atoms with E-state index in [0.29, 0.717) is 17.5 Å². The number of pyridine rings is 2. The van der Waals surface area contributed by atoms with Gasteiger partial charge in [0.25, 0.3) is 0 Å². The molecule has 4 heterocycles. The first kappa shape index (κ1) is 41.3. The SMILES string of the molecule is CC(C)Cc1cc(-c2[c-]cccc2)nc[c]1[Ge]([CH3])([CH3])[CH3].Cc1cc(C)c(-n2c(-c3[c-]cc(C(C)C)c4c3oc3nc(C)ccc34)nc3ccccc32)c(C)c1.[Ir]. The monoisotopic (exact) mass is 979 g/mol. The van der Waals surface area contributed by atoms with Crippen molar-refractivity contribution < 1.29 is 24.5 Å². The van der Waals surface area contributed by atoms with E-state index in [0.717, 1.165) is 67.8 Å². The zero-order valence-corrected chi connectivity index (χ0v) is 39.0. The molecule has 0 aliphatic heterocycles. The Morgan fingerprint density at radius 3 is 2.20 bits per heavy atom. The van der Waals surface area contributed by atoms with Crippen LogP contribution in [0.25, 0.3) is 61.4 Å². The molecular weight excluding hydrogens is 925 g/mol. The first-order valence-corrected chi connectivity index (χ1v) is 26.8. The molecule has 0 aliphatic carbocycles. The summed E-state index contributed by atoms with van der Waals surface area (Å²) >= 11 is -1.86. The maximum atomic E-state index is 6.48. The van der Waals surface area contributed by atoms with E-state index in [-0.39, 0.29) is 20.1 Å². The van der Waals surface area contributed by atoms with Gasteiger partial charge in [-0.15, -0.1) is 17.7 Å². The number of aromatic nitrogens is 4. The maximum Gasteiger partial charge on any atom is 0.216 e. The van der Waals surface area contributed by atoms with Crippen LogP contribution in [0.1, 0.15) is 67.1 Å². The average Bonchev–Trinajstić information content (AvgIpc) is 3.69. The van der Waals surface area contributed by atoms with Crippen LogP contribution in [0.5, 0.6) is 0 Å². The Hall–Kier alpha value is -4.36. The molecule has 0 aliphatic rings. The molecule has 8 rings (SSSR count). The van der Waals surface area contributed by atoms with Crippen LogP contribution >= 0.6 is 0 Å². The number of rotatable bonds is 7. The largest absolute Gasteiger partial charge is 0.486 e. The van der Waals surface area contributed by atoms with Crippen LogP contribution in [0.2, 0.25) is 17.3 Å². The van der Waals surface area contributed by atoms with Crippen LogP contribution in [0.15, 0.2) is 95.5 Å². The molecule has 4 aromatic heterocycles. The van der Waals surface area contributed by atoms with Gasteiger partial charge in [-0.2, -0.15) is 0 Å². The van der Waals surface area contributed by atoms with Gasteiger partial charge in [-0.1, -0.05) is 60.5 Å². The second kappa shape index (κ2) is 16.6. The van der Waals surface area contributed by atoms with Crippen LogP contribution in [-0.2, 0) is 26.5 Å². The van der Waals surface area contributed by atoms with Crippen molar-refractivity contribution in [3.05, 3.63) is 137 Å². The van der Waals surface area contributed by atoms with Gasteiger partial charge in [0.2, 0.25) is 5.71 Å². The van der Waals surface area contributed by atoms with Gasteiger partial charge in [-0.05, 0) is 63.1 Å². The third kappa shape index (κ3) is 8.21. The normalized spacial score (nSPS) is 11.7. The predicted molar refractivity (Wildman–Crippen MR) is 233 cm³/mol. The molecule has 8 aromatic rings. The molecule has 0 spiro atoms. The Balaban J connectivity index is 0.000000217. The van der Waals surface area contributed by atoms with Gasteiger partial charge in [0.05, 0.1) is 22.4 Å². The summed E-state index contributed by atoms with van der Waals surface area (Å²) in [5.74, 6) is 9.15. The van der Waals surface area contributed by atoms with E-state index < -0.39 is 13.3 Å². The summed E-state index contributed by atoms with van der Waals surface area (Å²) in [5, 5.41) is 2.14. The molecule has 5 nitrogen and oxygen atoms in total. The van der Waals surface area contributed by atoms with Crippen molar-refractivity contribution in [1.29, 1.82) is 0 Å². The van der Waals surface area contributed by atoms with Crippen molar-refractivity contribution >= 4 is 50.8 Å². The third-order valence-corrected chi connectivity index (χ3v) is 14.6. The summed E-state index contributed by atoms with van der Waals surface area (Å²) in [6, 6.07) is 36.3. The molecule has 1 radical (unpaired) electrons. The molecule has 0 bridgehead atoms. The number of fused-ring (bicyclic) bond motifs is 4. The summed E-state index contributed by atoms with van der Waals surface area (Å²) in [6.45, 7) is 17.5. The Morgan fingerprint density at radius 2 is 1.54 bits per heavy atom. The van der Waals surface area contributed by atoms with Crippen molar-refractivity contribution in [2.24, 2.45) is 5.92 Å². The molecule has 0 saturated carbocycles. The average molecular weight is 978 g/mol. The van der Waals surface area contributed by atoms with Crippen LogP contribution in [-0.4, -0.2) is 32.8 Å². The molecule has 0 N–H and O–H groups in total. The fourth-order valence-electron chi connectivity index (χ4n) is 7.87. The van der Waals surface area contributed by atoms with Crippen molar-refractivity contribution in [2.75, 3.05) is 0 Å².